The van der Waals surface area contributed by atoms with Crippen LogP contribution in [0, 0.1) is 0 Å². The normalized spacial score (nSPS) is 26.8. The Labute approximate surface area is 114 Å². The Morgan fingerprint density at radius 2 is 2.05 bits per heavy atom. The van der Waals surface area contributed by atoms with Gasteiger partial charge in [0.15, 0.2) is 5.78 Å². The first-order valence-electron chi connectivity index (χ1n) is 6.86. The average molecular weight is 256 g/mol. The van der Waals surface area contributed by atoms with Gasteiger partial charge in [0.2, 0.25) is 0 Å². The smallest absolute Gasteiger partial charge is 0.169 e. The number of hydrogen-bond donors (Lipinski definition) is 0. The van der Waals surface area contributed by atoms with Crippen molar-refractivity contribution < 1.29 is 4.79 Å². The summed E-state index contributed by atoms with van der Waals surface area (Å²) >= 11 is 0. The first-order chi connectivity index (χ1) is 9.15. The third-order valence-electron chi connectivity index (χ3n) is 4.28. The van der Waals surface area contributed by atoms with Crippen LogP contribution in [0.15, 0.2) is 36.4 Å². The highest BCUT2D eigenvalue weighted by Gasteiger charge is 2.30. The van der Waals surface area contributed by atoms with E-state index in [2.05, 4.69) is 47.2 Å². The van der Waals surface area contributed by atoms with E-state index in [-0.39, 0.29) is 5.78 Å². The van der Waals surface area contributed by atoms with Crippen LogP contribution in [0.3, 0.4) is 0 Å². The molecule has 0 saturated heterocycles. The number of carbonyl (C=O) groups is 1. The van der Waals surface area contributed by atoms with Gasteiger partial charge in [0.25, 0.3) is 0 Å². The molecular weight excluding hydrogens is 236 g/mol. The van der Waals surface area contributed by atoms with Crippen LogP contribution >= 0.6 is 0 Å². The minimum atomic E-state index is 0.211. The molecule has 0 aliphatic carbocycles. The zero-order valence-corrected chi connectivity index (χ0v) is 11.5. The Bertz CT molecular complexity index is 523. The van der Waals surface area contributed by atoms with Crippen molar-refractivity contribution in [3.63, 3.8) is 0 Å². The van der Waals surface area contributed by atoms with E-state index in [1.54, 1.807) is 6.08 Å². The summed E-state index contributed by atoms with van der Waals surface area (Å²) in [4.78, 5) is 15.9. The molecule has 3 rings (SSSR count). The lowest BCUT2D eigenvalue weighted by molar-refractivity contribution is -0.116. The Hall–Kier alpha value is -1.61. The second-order valence-corrected chi connectivity index (χ2v) is 5.68. The van der Waals surface area contributed by atoms with Gasteiger partial charge in [0, 0.05) is 31.2 Å². The zero-order valence-electron chi connectivity index (χ0n) is 11.5. The van der Waals surface area contributed by atoms with Crippen molar-refractivity contribution in [1.82, 2.24) is 4.90 Å². The summed E-state index contributed by atoms with van der Waals surface area (Å²) in [6, 6.07) is 9.03. The highest BCUT2D eigenvalue weighted by Crippen LogP contribution is 2.38. The number of hydrogen-bond acceptors (Lipinski definition) is 3. The number of para-hydroxylation sites is 1. The van der Waals surface area contributed by atoms with Crippen LogP contribution < -0.4 is 4.90 Å². The van der Waals surface area contributed by atoms with E-state index in [4.69, 9.17) is 0 Å². The van der Waals surface area contributed by atoms with Gasteiger partial charge in [-0.25, -0.2) is 0 Å². The van der Waals surface area contributed by atoms with Gasteiger partial charge in [-0.15, -0.1) is 0 Å². The van der Waals surface area contributed by atoms with Gasteiger partial charge in [0.1, 0.15) is 0 Å². The molecule has 2 atom stereocenters. The average Bonchev–Trinajstić information content (AvgIpc) is 2.71. The maximum absolute atomic E-state index is 11.4. The minimum absolute atomic E-state index is 0.211. The summed E-state index contributed by atoms with van der Waals surface area (Å²) in [5.41, 5.74) is 2.80. The summed E-state index contributed by atoms with van der Waals surface area (Å²) in [6.45, 7) is 1.62. The first kappa shape index (κ1) is 12.4. The fourth-order valence-electron chi connectivity index (χ4n) is 3.24. The molecule has 2 aliphatic heterocycles. The Morgan fingerprint density at radius 3 is 2.84 bits per heavy atom. The lowest BCUT2D eigenvalue weighted by Crippen LogP contribution is -2.38. The van der Waals surface area contributed by atoms with Gasteiger partial charge in [-0.3, -0.25) is 9.69 Å². The van der Waals surface area contributed by atoms with E-state index < -0.39 is 0 Å². The molecule has 1 aromatic carbocycles. The largest absolute Gasteiger partial charge is 0.374 e. The summed E-state index contributed by atoms with van der Waals surface area (Å²) < 4.78 is 0. The van der Waals surface area contributed by atoms with E-state index in [1.165, 1.54) is 11.3 Å². The van der Waals surface area contributed by atoms with Crippen molar-refractivity contribution in [3.8, 4) is 0 Å². The van der Waals surface area contributed by atoms with Crippen molar-refractivity contribution in [1.29, 1.82) is 0 Å². The summed E-state index contributed by atoms with van der Waals surface area (Å²) in [5.74, 6) is 0.772. The molecule has 100 valence electrons. The Kier molecular flexibility index (Phi) is 3.15. The molecule has 0 bridgehead atoms. The molecule has 0 N–H and O–H groups in total. The number of benzene rings is 1. The first-order valence-corrected chi connectivity index (χ1v) is 6.86. The van der Waals surface area contributed by atoms with E-state index in [0.717, 1.165) is 13.0 Å². The van der Waals surface area contributed by atoms with Crippen LogP contribution in [0.5, 0.6) is 0 Å². The van der Waals surface area contributed by atoms with Crippen LogP contribution in [-0.4, -0.2) is 43.9 Å². The quantitative estimate of drug-likeness (QED) is 0.809. The summed E-state index contributed by atoms with van der Waals surface area (Å²) in [5, 5.41) is 0. The van der Waals surface area contributed by atoms with E-state index in [0.29, 0.717) is 18.5 Å². The number of anilines is 1. The van der Waals surface area contributed by atoms with Gasteiger partial charge in [-0.1, -0.05) is 24.3 Å². The highest BCUT2D eigenvalue weighted by atomic mass is 16.1. The predicted molar refractivity (Wildman–Crippen MR) is 77.6 cm³/mol. The molecular formula is C16H20N2O. The highest BCUT2D eigenvalue weighted by molar-refractivity contribution is 5.92. The molecule has 1 aromatic rings. The van der Waals surface area contributed by atoms with Crippen LogP contribution in [0.2, 0.25) is 0 Å². The Balaban J connectivity index is 1.79. The van der Waals surface area contributed by atoms with Gasteiger partial charge in [-0.05, 0) is 31.2 Å². The van der Waals surface area contributed by atoms with Gasteiger partial charge < -0.3 is 4.90 Å². The number of rotatable bonds is 2. The van der Waals surface area contributed by atoms with Gasteiger partial charge in [0.05, 0.1) is 6.54 Å². The maximum atomic E-state index is 11.4. The lowest BCUT2D eigenvalue weighted by Gasteiger charge is -2.29. The topological polar surface area (TPSA) is 23.6 Å². The number of ketones is 1. The van der Waals surface area contributed by atoms with Crippen LogP contribution in [0.25, 0.3) is 0 Å². The van der Waals surface area contributed by atoms with Gasteiger partial charge >= 0.3 is 0 Å². The fraction of sp³-hybridized carbons (Fsp3) is 0.438. The lowest BCUT2D eigenvalue weighted by atomic mass is 9.92. The van der Waals surface area contributed by atoms with Crippen molar-refractivity contribution in [3.05, 3.63) is 42.0 Å². The molecule has 0 fully saturated rings. The molecule has 19 heavy (non-hydrogen) atoms. The standard InChI is InChI=1S/C16H20N2O/c1-17-11-14(19)8-7-13(17)9-12-10-18(2)16-6-4-3-5-15(12)16/h3-8,12-13H,9-11H2,1-2H3. The third kappa shape index (κ3) is 2.30. The molecule has 0 radical (unpaired) electrons. The van der Waals surface area contributed by atoms with Crippen molar-refractivity contribution in [2.75, 3.05) is 32.1 Å². The Morgan fingerprint density at radius 1 is 1.26 bits per heavy atom. The molecule has 3 nitrogen and oxygen atoms in total. The molecule has 2 aliphatic rings. The molecule has 2 unspecified atom stereocenters. The number of likely N-dealkylation sites (N-methyl/N-ethyl adjacent to an activating group) is 2. The van der Waals surface area contributed by atoms with Crippen LogP contribution in [0.4, 0.5) is 5.69 Å². The molecule has 3 heteroatoms. The number of fused-ring (bicyclic) bond motifs is 1. The van der Waals surface area contributed by atoms with Gasteiger partial charge in [-0.2, -0.15) is 0 Å². The monoisotopic (exact) mass is 256 g/mol. The molecule has 0 spiro atoms. The van der Waals surface area contributed by atoms with E-state index >= 15 is 0 Å². The van der Waals surface area contributed by atoms with E-state index in [9.17, 15) is 4.79 Å². The molecule has 0 saturated carbocycles. The zero-order chi connectivity index (χ0) is 13.4. The van der Waals surface area contributed by atoms with E-state index in [1.807, 2.05) is 7.05 Å². The van der Waals surface area contributed by atoms with Crippen molar-refractivity contribution >= 4 is 11.5 Å². The van der Waals surface area contributed by atoms with Crippen molar-refractivity contribution in [2.45, 2.75) is 18.4 Å². The number of nitrogens with zero attached hydrogens (tertiary/aromatic N) is 2. The fourth-order valence-corrected chi connectivity index (χ4v) is 3.24. The van der Waals surface area contributed by atoms with Crippen LogP contribution in [-0.2, 0) is 4.79 Å². The molecule has 0 amide bonds. The summed E-state index contributed by atoms with van der Waals surface area (Å²) in [6.07, 6.45) is 4.89. The van der Waals surface area contributed by atoms with Crippen molar-refractivity contribution in [2.24, 2.45) is 0 Å². The SMILES string of the molecule is CN1CC(CC2C=CC(=O)CN2C)c2ccccc21. The summed E-state index contributed by atoms with van der Waals surface area (Å²) in [7, 11) is 4.19. The number of carbonyl (C=O) groups excluding carboxylic acids is 1. The second-order valence-electron chi connectivity index (χ2n) is 5.68. The maximum Gasteiger partial charge on any atom is 0.169 e. The molecule has 0 aromatic heterocycles. The minimum Gasteiger partial charge on any atom is -0.374 e. The molecule has 2 heterocycles. The predicted octanol–water partition coefficient (Wildman–Crippen LogP) is 2.05. The second kappa shape index (κ2) is 4.82. The third-order valence-corrected chi connectivity index (χ3v) is 4.28. The van der Waals surface area contributed by atoms with Crippen LogP contribution in [0.1, 0.15) is 17.9 Å².